The minimum absolute atomic E-state index is 0.0349. The van der Waals surface area contributed by atoms with Crippen molar-refractivity contribution < 1.29 is 13.9 Å². The van der Waals surface area contributed by atoms with Crippen molar-refractivity contribution in [2.24, 2.45) is 0 Å². The zero-order chi connectivity index (χ0) is 13.0. The maximum Gasteiger partial charge on any atom is 0.251 e. The summed E-state index contributed by atoms with van der Waals surface area (Å²) in [6.45, 7) is 0. The lowest BCUT2D eigenvalue weighted by Crippen LogP contribution is -2.28. The fraction of sp³-hybridized carbons (Fsp3) is 0.0769. The Morgan fingerprint density at radius 1 is 1.22 bits per heavy atom. The van der Waals surface area contributed by atoms with Crippen LogP contribution in [0.4, 0.5) is 4.39 Å². The van der Waals surface area contributed by atoms with Gasteiger partial charge in [0.05, 0.1) is 11.3 Å². The van der Waals surface area contributed by atoms with Crippen LogP contribution in [0.15, 0.2) is 53.7 Å². The fourth-order valence-electron chi connectivity index (χ4n) is 1.43. The van der Waals surface area contributed by atoms with Crippen molar-refractivity contribution in [3.05, 3.63) is 65.2 Å². The summed E-state index contributed by atoms with van der Waals surface area (Å²) in [5.41, 5.74) is 0.0541. The standard InChI is InChI=1S/C13H10FNO2S/c14-11-6-2-1-5-10(11)12(16)9-18-13-7-3-4-8-15(13)17/h1-8H,9H2. The molecule has 1 aromatic carbocycles. The molecule has 0 atom stereocenters. The minimum atomic E-state index is -0.536. The number of benzene rings is 1. The van der Waals surface area contributed by atoms with E-state index in [9.17, 15) is 14.4 Å². The van der Waals surface area contributed by atoms with Crippen LogP contribution in [0.2, 0.25) is 0 Å². The molecule has 3 nitrogen and oxygen atoms in total. The predicted octanol–water partition coefficient (Wildman–Crippen LogP) is 2.43. The summed E-state index contributed by atoms with van der Waals surface area (Å²) in [4.78, 5) is 11.8. The predicted molar refractivity (Wildman–Crippen MR) is 66.9 cm³/mol. The van der Waals surface area contributed by atoms with E-state index in [1.165, 1.54) is 24.4 Å². The van der Waals surface area contributed by atoms with Gasteiger partial charge in [-0.3, -0.25) is 4.79 Å². The monoisotopic (exact) mass is 263 g/mol. The van der Waals surface area contributed by atoms with Gasteiger partial charge in [-0.25, -0.2) is 4.39 Å². The van der Waals surface area contributed by atoms with E-state index in [1.807, 2.05) is 0 Å². The minimum Gasteiger partial charge on any atom is -0.618 e. The molecule has 1 heterocycles. The Morgan fingerprint density at radius 3 is 2.67 bits per heavy atom. The molecule has 0 unspecified atom stereocenters. The van der Waals surface area contributed by atoms with Crippen molar-refractivity contribution in [1.82, 2.24) is 0 Å². The van der Waals surface area contributed by atoms with Crippen LogP contribution in [0.3, 0.4) is 0 Å². The SMILES string of the molecule is O=C(CSc1cccc[n+]1[O-])c1ccccc1F. The van der Waals surface area contributed by atoms with Crippen LogP contribution in [0.1, 0.15) is 10.4 Å². The molecular weight excluding hydrogens is 253 g/mol. The molecule has 1 aromatic heterocycles. The summed E-state index contributed by atoms with van der Waals surface area (Å²) in [5, 5.41) is 11.8. The smallest absolute Gasteiger partial charge is 0.251 e. The molecule has 5 heteroatoms. The Kier molecular flexibility index (Phi) is 3.94. The van der Waals surface area contributed by atoms with Crippen molar-refractivity contribution in [3.8, 4) is 0 Å². The van der Waals surface area contributed by atoms with E-state index in [0.29, 0.717) is 9.76 Å². The summed E-state index contributed by atoms with van der Waals surface area (Å²) >= 11 is 1.09. The number of aromatic nitrogens is 1. The van der Waals surface area contributed by atoms with Crippen molar-refractivity contribution in [1.29, 1.82) is 0 Å². The van der Waals surface area contributed by atoms with Gasteiger partial charge in [-0.15, -0.1) is 0 Å². The maximum atomic E-state index is 13.3. The number of Topliss-reactive ketones (excluding diaryl/α,β-unsaturated/α-hetero) is 1. The number of hydrogen-bond acceptors (Lipinski definition) is 3. The van der Waals surface area contributed by atoms with E-state index in [2.05, 4.69) is 0 Å². The van der Waals surface area contributed by atoms with E-state index >= 15 is 0 Å². The van der Waals surface area contributed by atoms with Crippen molar-refractivity contribution in [2.45, 2.75) is 5.03 Å². The van der Waals surface area contributed by atoms with Gasteiger partial charge in [0.25, 0.3) is 5.03 Å². The molecule has 0 fully saturated rings. The van der Waals surface area contributed by atoms with E-state index in [4.69, 9.17) is 0 Å². The first-order valence-electron chi connectivity index (χ1n) is 5.27. The molecule has 0 amide bonds. The zero-order valence-corrected chi connectivity index (χ0v) is 10.2. The first kappa shape index (κ1) is 12.6. The highest BCUT2D eigenvalue weighted by Gasteiger charge is 2.13. The molecular formula is C13H10FNO2S. The number of pyridine rings is 1. The molecule has 0 aliphatic heterocycles. The molecule has 0 bridgehead atoms. The molecule has 0 spiro atoms. The van der Waals surface area contributed by atoms with Crippen LogP contribution in [-0.2, 0) is 0 Å². The lowest BCUT2D eigenvalue weighted by Gasteiger charge is -2.03. The molecule has 0 aliphatic carbocycles. The van der Waals surface area contributed by atoms with Crippen LogP contribution in [0.25, 0.3) is 0 Å². The molecule has 0 aliphatic rings. The Labute approximate surface area is 108 Å². The van der Waals surface area contributed by atoms with Crippen LogP contribution in [0.5, 0.6) is 0 Å². The number of carbonyl (C=O) groups excluding carboxylic acids is 1. The number of rotatable bonds is 4. The Bertz CT molecular complexity index is 574. The van der Waals surface area contributed by atoms with Crippen molar-refractivity contribution >= 4 is 17.5 Å². The average molecular weight is 263 g/mol. The second-order valence-corrected chi connectivity index (χ2v) is 4.55. The number of ketones is 1. The van der Waals surface area contributed by atoms with Crippen LogP contribution in [0, 0.1) is 11.0 Å². The first-order chi connectivity index (χ1) is 8.68. The quantitative estimate of drug-likeness (QED) is 0.368. The molecule has 18 heavy (non-hydrogen) atoms. The van der Waals surface area contributed by atoms with E-state index in [1.54, 1.807) is 24.3 Å². The summed E-state index contributed by atoms with van der Waals surface area (Å²) < 4.78 is 14.0. The van der Waals surface area contributed by atoms with Gasteiger partial charge in [0.2, 0.25) is 0 Å². The molecule has 0 saturated carbocycles. The first-order valence-corrected chi connectivity index (χ1v) is 6.26. The summed E-state index contributed by atoms with van der Waals surface area (Å²) in [6.07, 6.45) is 1.36. The number of carbonyl (C=O) groups is 1. The third-order valence-electron chi connectivity index (χ3n) is 2.31. The average Bonchev–Trinajstić information content (AvgIpc) is 2.38. The molecule has 2 aromatic rings. The van der Waals surface area contributed by atoms with Crippen LogP contribution < -0.4 is 4.73 Å². The van der Waals surface area contributed by atoms with Gasteiger partial charge in [-0.2, -0.15) is 4.73 Å². The summed E-state index contributed by atoms with van der Waals surface area (Å²) in [7, 11) is 0. The second kappa shape index (κ2) is 5.64. The summed E-state index contributed by atoms with van der Waals surface area (Å²) in [5.74, 6) is -0.833. The molecule has 0 N–H and O–H groups in total. The zero-order valence-electron chi connectivity index (χ0n) is 9.38. The Balaban J connectivity index is 2.06. The van der Waals surface area contributed by atoms with Crippen LogP contribution in [-0.4, -0.2) is 11.5 Å². The number of nitrogens with zero attached hydrogens (tertiary/aromatic N) is 1. The number of halogens is 1. The molecule has 0 radical (unpaired) electrons. The molecule has 0 saturated heterocycles. The number of thioether (sulfide) groups is 1. The Hall–Kier alpha value is -1.88. The van der Waals surface area contributed by atoms with E-state index in [-0.39, 0.29) is 17.1 Å². The fourth-order valence-corrected chi connectivity index (χ4v) is 2.23. The van der Waals surface area contributed by atoms with Gasteiger partial charge >= 0.3 is 0 Å². The lowest BCUT2D eigenvalue weighted by atomic mass is 10.1. The normalized spacial score (nSPS) is 10.3. The van der Waals surface area contributed by atoms with E-state index in [0.717, 1.165) is 11.8 Å². The highest BCUT2D eigenvalue weighted by Crippen LogP contribution is 2.16. The molecule has 92 valence electrons. The van der Waals surface area contributed by atoms with Gasteiger partial charge in [-0.05, 0) is 30.0 Å². The van der Waals surface area contributed by atoms with Gasteiger partial charge < -0.3 is 5.21 Å². The second-order valence-electron chi connectivity index (χ2n) is 3.56. The third kappa shape index (κ3) is 2.87. The topological polar surface area (TPSA) is 44.0 Å². The Morgan fingerprint density at radius 2 is 1.94 bits per heavy atom. The van der Waals surface area contributed by atoms with Gasteiger partial charge in [0.15, 0.2) is 12.0 Å². The highest BCUT2D eigenvalue weighted by molar-refractivity contribution is 7.99. The van der Waals surface area contributed by atoms with Gasteiger partial charge in [0, 0.05) is 12.1 Å². The molecule has 2 rings (SSSR count). The van der Waals surface area contributed by atoms with Gasteiger partial charge in [-0.1, -0.05) is 12.1 Å². The van der Waals surface area contributed by atoms with Crippen molar-refractivity contribution in [3.63, 3.8) is 0 Å². The third-order valence-corrected chi connectivity index (χ3v) is 3.33. The highest BCUT2D eigenvalue weighted by atomic mass is 32.2. The number of hydrogen-bond donors (Lipinski definition) is 0. The van der Waals surface area contributed by atoms with E-state index < -0.39 is 5.82 Å². The lowest BCUT2D eigenvalue weighted by molar-refractivity contribution is -0.645. The van der Waals surface area contributed by atoms with Gasteiger partial charge in [0.1, 0.15) is 5.82 Å². The summed E-state index contributed by atoms with van der Waals surface area (Å²) in [6, 6.07) is 10.8. The van der Waals surface area contributed by atoms with Crippen molar-refractivity contribution in [2.75, 3.05) is 5.75 Å². The largest absolute Gasteiger partial charge is 0.618 e. The van der Waals surface area contributed by atoms with Crippen LogP contribution >= 0.6 is 11.8 Å². The maximum absolute atomic E-state index is 13.3.